The second kappa shape index (κ2) is 7.73. The molecule has 0 aromatic carbocycles. The molecule has 0 aliphatic heterocycles. The van der Waals surface area contributed by atoms with Gasteiger partial charge in [-0.05, 0) is 74.1 Å². The van der Waals surface area contributed by atoms with Crippen molar-refractivity contribution in [1.82, 2.24) is 24.9 Å². The van der Waals surface area contributed by atoms with Crippen molar-refractivity contribution in [3.63, 3.8) is 0 Å². The first kappa shape index (κ1) is 20.0. The van der Waals surface area contributed by atoms with Crippen molar-refractivity contribution in [3.05, 3.63) is 47.1 Å². The van der Waals surface area contributed by atoms with Crippen LogP contribution in [0.2, 0.25) is 0 Å². The summed E-state index contributed by atoms with van der Waals surface area (Å²) in [6.07, 6.45) is 9.45. The number of halogens is 1. The van der Waals surface area contributed by atoms with Crippen molar-refractivity contribution < 1.29 is 4.39 Å². The van der Waals surface area contributed by atoms with Gasteiger partial charge in [0.05, 0.1) is 21.8 Å². The van der Waals surface area contributed by atoms with Gasteiger partial charge in [-0.25, -0.2) is 19.3 Å². The molecule has 3 aliphatic rings. The van der Waals surface area contributed by atoms with Crippen LogP contribution in [0, 0.1) is 36.4 Å². The highest BCUT2D eigenvalue weighted by molar-refractivity contribution is 7.13. The Morgan fingerprint density at radius 3 is 2.69 bits per heavy atom. The van der Waals surface area contributed by atoms with Crippen molar-refractivity contribution in [3.8, 4) is 22.0 Å². The number of thiophene rings is 1. The molecular weight excluding hydrogens is 421 g/mol. The third-order valence-electron chi connectivity index (χ3n) is 7.69. The predicted molar refractivity (Wildman–Crippen MR) is 125 cm³/mol. The molecule has 2 atom stereocenters. The Balaban J connectivity index is 1.47. The topological polar surface area (TPSA) is 67.3 Å². The molecule has 3 saturated carbocycles. The van der Waals surface area contributed by atoms with Gasteiger partial charge >= 0.3 is 0 Å². The van der Waals surface area contributed by atoms with Gasteiger partial charge in [-0.2, -0.15) is 0 Å². The first-order valence-electron chi connectivity index (χ1n) is 11.5. The largest absolute Gasteiger partial charge is 0.344 e. The normalized spacial score (nSPS) is 25.0. The summed E-state index contributed by atoms with van der Waals surface area (Å²) in [5.74, 6) is 2.81. The van der Waals surface area contributed by atoms with E-state index in [1.807, 2.05) is 30.6 Å². The van der Waals surface area contributed by atoms with Crippen LogP contribution < -0.4 is 0 Å². The van der Waals surface area contributed by atoms with Gasteiger partial charge < -0.3 is 4.98 Å². The highest BCUT2D eigenvalue weighted by Crippen LogP contribution is 2.50. The van der Waals surface area contributed by atoms with Crippen LogP contribution in [0.25, 0.3) is 33.1 Å². The van der Waals surface area contributed by atoms with E-state index in [4.69, 9.17) is 4.98 Å². The summed E-state index contributed by atoms with van der Waals surface area (Å²) in [6, 6.07) is 3.86. The first-order valence-corrected chi connectivity index (χ1v) is 12.4. The van der Waals surface area contributed by atoms with Crippen LogP contribution in [0.5, 0.6) is 0 Å². The van der Waals surface area contributed by atoms with E-state index in [1.165, 1.54) is 37.0 Å². The lowest BCUT2D eigenvalue weighted by atomic mass is 9.58. The van der Waals surface area contributed by atoms with Crippen LogP contribution in [0.15, 0.2) is 29.9 Å². The number of aromatic amines is 1. The minimum Gasteiger partial charge on any atom is -0.344 e. The molecule has 7 heteroatoms. The highest BCUT2D eigenvalue weighted by Gasteiger charge is 2.41. The molecule has 32 heavy (non-hydrogen) atoms. The number of fused-ring (bicyclic) bond motifs is 4. The average Bonchev–Trinajstić information content (AvgIpc) is 3.48. The van der Waals surface area contributed by atoms with Crippen molar-refractivity contribution in [2.45, 2.75) is 46.0 Å². The van der Waals surface area contributed by atoms with E-state index >= 15 is 4.39 Å². The number of aromatic nitrogens is 5. The smallest absolute Gasteiger partial charge is 0.171 e. The lowest BCUT2D eigenvalue weighted by Gasteiger charge is -2.47. The maximum Gasteiger partial charge on any atom is 0.171 e. The fourth-order valence-corrected chi connectivity index (χ4v) is 6.64. The summed E-state index contributed by atoms with van der Waals surface area (Å²) in [4.78, 5) is 22.6. The molecule has 3 fully saturated rings. The van der Waals surface area contributed by atoms with Gasteiger partial charge in [-0.15, -0.1) is 11.3 Å². The molecule has 0 radical (unpaired) electrons. The van der Waals surface area contributed by atoms with E-state index < -0.39 is 0 Å². The lowest BCUT2D eigenvalue weighted by molar-refractivity contribution is 0.0334. The molecule has 0 saturated heterocycles. The number of nitrogens with one attached hydrogen (secondary N) is 1. The van der Waals surface area contributed by atoms with Crippen molar-refractivity contribution >= 4 is 22.5 Å². The Bertz CT molecular complexity index is 1270. The number of nitrogens with zero attached hydrogens (tertiary/aromatic N) is 4. The molecule has 5 nitrogen and oxygen atoms in total. The summed E-state index contributed by atoms with van der Waals surface area (Å²) in [7, 11) is 0. The number of aryl methyl sites for hydroxylation is 1. The van der Waals surface area contributed by atoms with Gasteiger partial charge in [0.1, 0.15) is 11.2 Å². The summed E-state index contributed by atoms with van der Waals surface area (Å²) in [5, 5.41) is 1.96. The van der Waals surface area contributed by atoms with Crippen molar-refractivity contribution in [2.75, 3.05) is 0 Å². The van der Waals surface area contributed by atoms with Gasteiger partial charge in [0.15, 0.2) is 17.3 Å². The molecule has 7 rings (SSSR count). The van der Waals surface area contributed by atoms with Crippen LogP contribution in [0.3, 0.4) is 0 Å². The van der Waals surface area contributed by atoms with Gasteiger partial charge in [-0.3, -0.25) is 4.98 Å². The fraction of sp³-hybridized carbons (Fsp3) is 0.440. The quantitative estimate of drug-likeness (QED) is 0.404. The Kier molecular flexibility index (Phi) is 4.82. The lowest BCUT2D eigenvalue weighted by Crippen LogP contribution is -2.39. The number of H-pyrrole nitrogens is 1. The summed E-state index contributed by atoms with van der Waals surface area (Å²) in [5.41, 5.74) is 3.96. The zero-order valence-electron chi connectivity index (χ0n) is 18.3. The third-order valence-corrected chi connectivity index (χ3v) is 8.56. The maximum absolute atomic E-state index is 15.8. The Labute approximate surface area is 190 Å². The third kappa shape index (κ3) is 3.25. The van der Waals surface area contributed by atoms with Gasteiger partial charge in [-0.1, -0.05) is 13.0 Å². The van der Waals surface area contributed by atoms with Crippen molar-refractivity contribution in [2.24, 2.45) is 23.7 Å². The van der Waals surface area contributed by atoms with Gasteiger partial charge in [0.25, 0.3) is 0 Å². The molecule has 0 spiro atoms. The molecule has 3 aliphatic carbocycles. The predicted octanol–water partition coefficient (Wildman–Crippen LogP) is 6.21. The zero-order chi connectivity index (χ0) is 21.8. The average molecular weight is 448 g/mol. The molecule has 1 N–H and O–H groups in total. The Hall–Kier alpha value is -2.67. The fourth-order valence-electron chi connectivity index (χ4n) is 5.93. The van der Waals surface area contributed by atoms with Gasteiger partial charge in [0, 0.05) is 12.4 Å². The Morgan fingerprint density at radius 1 is 1.12 bits per heavy atom. The molecule has 0 unspecified atom stereocenters. The minimum absolute atomic E-state index is 0.272. The standard InChI is InChI=1S/C25H26FN5S/c1-13-11-27-22-18(12-28-25(22)29-13)24-30-19(21(26)23(31-24)20-4-3-9-32-20)10-17-14(2)15-5-7-16(17)8-6-15/h3-4,9,11-12,14-17H,5-8,10H2,1-2H3,(H,28,29)/t14-,15?,16?,17+/m0/s1. The molecule has 164 valence electrons. The van der Waals surface area contributed by atoms with Gasteiger partial charge in [0.2, 0.25) is 0 Å². The van der Waals surface area contributed by atoms with E-state index in [2.05, 4.69) is 26.9 Å². The van der Waals surface area contributed by atoms with E-state index in [-0.39, 0.29) is 5.82 Å². The molecular formula is C25H26FN5S. The van der Waals surface area contributed by atoms with E-state index in [0.717, 1.165) is 27.6 Å². The van der Waals surface area contributed by atoms with Crippen LogP contribution in [-0.2, 0) is 6.42 Å². The monoisotopic (exact) mass is 447 g/mol. The molecule has 4 heterocycles. The molecule has 0 amide bonds. The summed E-state index contributed by atoms with van der Waals surface area (Å²) in [6.45, 7) is 4.27. The van der Waals surface area contributed by atoms with E-state index in [0.29, 0.717) is 47.0 Å². The van der Waals surface area contributed by atoms with Crippen LogP contribution >= 0.6 is 11.3 Å². The number of hydrogen-bond donors (Lipinski definition) is 1. The first-order chi connectivity index (χ1) is 15.6. The second-order valence-electron chi connectivity index (χ2n) is 9.45. The number of hydrogen-bond acceptors (Lipinski definition) is 5. The molecule has 4 aromatic heterocycles. The van der Waals surface area contributed by atoms with Crippen LogP contribution in [0.4, 0.5) is 4.39 Å². The number of rotatable bonds is 4. The highest BCUT2D eigenvalue weighted by atomic mass is 32.1. The second-order valence-corrected chi connectivity index (χ2v) is 10.4. The van der Waals surface area contributed by atoms with Crippen molar-refractivity contribution in [1.29, 1.82) is 0 Å². The SMILES string of the molecule is Cc1cnc2c(-c3nc(C[C@H]4C5CCC(CC5)[C@@H]4C)c(F)c(-c4cccs4)n3)c[nH]c2n1. The molecule has 4 aromatic rings. The summed E-state index contributed by atoms with van der Waals surface area (Å²) < 4.78 is 15.8. The zero-order valence-corrected chi connectivity index (χ0v) is 19.1. The Morgan fingerprint density at radius 2 is 1.94 bits per heavy atom. The summed E-state index contributed by atoms with van der Waals surface area (Å²) >= 11 is 1.50. The maximum atomic E-state index is 15.8. The minimum atomic E-state index is -0.272. The van der Waals surface area contributed by atoms with Crippen LogP contribution in [0.1, 0.15) is 44.0 Å². The van der Waals surface area contributed by atoms with Crippen LogP contribution in [-0.4, -0.2) is 24.9 Å². The molecule has 2 bridgehead atoms. The van der Waals surface area contributed by atoms with E-state index in [1.54, 1.807) is 6.20 Å². The van der Waals surface area contributed by atoms with E-state index in [9.17, 15) is 0 Å².